The second kappa shape index (κ2) is 11.5. The van der Waals surface area contributed by atoms with E-state index in [1.165, 1.54) is 30.1 Å². The first-order chi connectivity index (χ1) is 16.8. The lowest BCUT2D eigenvalue weighted by Crippen LogP contribution is -2.40. The molecule has 0 radical (unpaired) electrons. The fourth-order valence-corrected chi connectivity index (χ4v) is 3.21. The summed E-state index contributed by atoms with van der Waals surface area (Å²) >= 11 is 0. The zero-order valence-corrected chi connectivity index (χ0v) is 19.2. The van der Waals surface area contributed by atoms with Gasteiger partial charge in [-0.2, -0.15) is 0 Å². The van der Waals surface area contributed by atoms with E-state index >= 15 is 0 Å². The van der Waals surface area contributed by atoms with Crippen LogP contribution in [0.25, 0.3) is 11.3 Å². The summed E-state index contributed by atoms with van der Waals surface area (Å²) in [4.78, 5) is 46.1. The number of ketones is 1. The average molecular weight is 479 g/mol. The highest BCUT2D eigenvalue weighted by Gasteiger charge is 2.23. The van der Waals surface area contributed by atoms with Crippen LogP contribution in [0.3, 0.4) is 0 Å². The van der Waals surface area contributed by atoms with Gasteiger partial charge in [-0.25, -0.2) is 9.97 Å². The maximum Gasteiger partial charge on any atom is 0.294 e. The molecule has 35 heavy (non-hydrogen) atoms. The second-order valence-electron chi connectivity index (χ2n) is 7.47. The highest BCUT2D eigenvalue weighted by molar-refractivity contribution is 6.41. The largest absolute Gasteiger partial charge is 0.434 e. The summed E-state index contributed by atoms with van der Waals surface area (Å²) in [6.45, 7) is 2.70. The minimum absolute atomic E-state index is 0.0219. The minimum atomic E-state index is -0.904. The van der Waals surface area contributed by atoms with E-state index in [1.54, 1.807) is 6.92 Å². The normalized spacial score (nSPS) is 12.1. The molecule has 2 aromatic heterocycles. The number of anilines is 1. The van der Waals surface area contributed by atoms with E-state index in [2.05, 4.69) is 25.8 Å². The molecule has 0 saturated carbocycles. The quantitative estimate of drug-likeness (QED) is 0.140. The van der Waals surface area contributed by atoms with Crippen LogP contribution in [0, 0.1) is 5.41 Å². The fourth-order valence-electron chi connectivity index (χ4n) is 3.21. The Balaban J connectivity index is 1.67. The summed E-state index contributed by atoms with van der Waals surface area (Å²) in [5.41, 5.74) is 0.241. The van der Waals surface area contributed by atoms with Gasteiger partial charge >= 0.3 is 0 Å². The SMILES string of the molecule is CCC(C(=O)NCC(=O)c1ncc(-c2ccccc2)o1)n1ccnc(NC/C(=N/O)C(C)=N)c1=O. The number of rotatable bonds is 11. The molecular formula is C23H25N7O5. The number of nitrogens with zero attached hydrogens (tertiary/aromatic N) is 4. The van der Waals surface area contributed by atoms with E-state index in [4.69, 9.17) is 15.0 Å². The van der Waals surface area contributed by atoms with Gasteiger partial charge in [-0.1, -0.05) is 42.4 Å². The van der Waals surface area contributed by atoms with E-state index in [-0.39, 0.29) is 42.6 Å². The van der Waals surface area contributed by atoms with Crippen molar-refractivity contribution in [3.05, 3.63) is 65.2 Å². The summed E-state index contributed by atoms with van der Waals surface area (Å²) in [5.74, 6) is -0.832. The molecule has 1 atom stereocenters. The van der Waals surface area contributed by atoms with Gasteiger partial charge < -0.3 is 25.7 Å². The Bertz CT molecular complexity index is 1300. The number of oxime groups is 1. The lowest BCUT2D eigenvalue weighted by Gasteiger charge is -2.18. The highest BCUT2D eigenvalue weighted by atomic mass is 16.4. The molecule has 182 valence electrons. The molecule has 0 saturated heterocycles. The number of nitrogens with one attached hydrogen (secondary N) is 3. The molecule has 12 heteroatoms. The van der Waals surface area contributed by atoms with Crippen molar-refractivity contribution in [3.63, 3.8) is 0 Å². The molecule has 12 nitrogen and oxygen atoms in total. The molecule has 3 aromatic rings. The summed E-state index contributed by atoms with van der Waals surface area (Å²) in [6, 6.07) is 8.26. The van der Waals surface area contributed by atoms with Gasteiger partial charge in [-0.15, -0.1) is 0 Å². The molecule has 0 aliphatic heterocycles. The second-order valence-corrected chi connectivity index (χ2v) is 7.47. The maximum atomic E-state index is 12.9. The van der Waals surface area contributed by atoms with Crippen molar-refractivity contribution in [2.24, 2.45) is 5.16 Å². The van der Waals surface area contributed by atoms with Gasteiger partial charge in [0.15, 0.2) is 11.6 Å². The number of amides is 1. The molecule has 3 rings (SSSR count). The molecule has 0 aliphatic carbocycles. The molecule has 1 aromatic carbocycles. The molecule has 0 aliphatic rings. The van der Waals surface area contributed by atoms with Crippen LogP contribution in [0.15, 0.2) is 63.3 Å². The number of carbonyl (C=O) groups excluding carboxylic acids is 2. The van der Waals surface area contributed by atoms with Crippen molar-refractivity contribution in [1.82, 2.24) is 19.9 Å². The third-order valence-corrected chi connectivity index (χ3v) is 5.10. The molecule has 1 unspecified atom stereocenters. The third kappa shape index (κ3) is 6.05. The van der Waals surface area contributed by atoms with E-state index in [0.717, 1.165) is 5.56 Å². The van der Waals surface area contributed by atoms with Crippen LogP contribution in [-0.2, 0) is 4.79 Å². The predicted octanol–water partition coefficient (Wildman–Crippen LogP) is 2.13. The summed E-state index contributed by atoms with van der Waals surface area (Å²) in [7, 11) is 0. The topological polar surface area (TPSA) is 176 Å². The van der Waals surface area contributed by atoms with Gasteiger partial charge in [-0.3, -0.25) is 19.0 Å². The molecule has 4 N–H and O–H groups in total. The van der Waals surface area contributed by atoms with E-state index in [1.807, 2.05) is 30.3 Å². The van der Waals surface area contributed by atoms with Gasteiger partial charge in [0.1, 0.15) is 11.8 Å². The lowest BCUT2D eigenvalue weighted by molar-refractivity contribution is -0.124. The lowest BCUT2D eigenvalue weighted by atomic mass is 10.2. The van der Waals surface area contributed by atoms with Crippen molar-refractivity contribution in [1.29, 1.82) is 5.41 Å². The maximum absolute atomic E-state index is 12.9. The Morgan fingerprint density at radius 1 is 1.23 bits per heavy atom. The highest BCUT2D eigenvalue weighted by Crippen LogP contribution is 2.19. The monoisotopic (exact) mass is 479 g/mol. The first-order valence-corrected chi connectivity index (χ1v) is 10.7. The van der Waals surface area contributed by atoms with Crippen LogP contribution in [0.4, 0.5) is 5.82 Å². The standard InChI is InChI=1S/C23H25N7O5/c1-3-17(30-10-9-25-20(23(30)33)26-11-16(29-34)14(2)24)21(32)27-12-18(31)22-28-13-19(35-22)15-7-5-4-6-8-15/h4-10,13,17,24,34H,3,11-12H2,1-2H3,(H,25,26)(H,27,32)/b24-14?,29-16-. The fraction of sp³-hybridized carbons (Fsp3) is 0.261. The van der Waals surface area contributed by atoms with Crippen LogP contribution in [0.1, 0.15) is 37.0 Å². The zero-order valence-electron chi connectivity index (χ0n) is 19.2. The van der Waals surface area contributed by atoms with Gasteiger partial charge in [0.2, 0.25) is 11.7 Å². The molecule has 1 amide bonds. The number of Topliss-reactive ketones (excluding diaryl/α,β-unsaturated/α-hetero) is 1. The summed E-state index contributed by atoms with van der Waals surface area (Å²) < 4.78 is 6.71. The van der Waals surface area contributed by atoms with Crippen LogP contribution in [-0.4, -0.2) is 55.9 Å². The van der Waals surface area contributed by atoms with E-state index < -0.39 is 23.3 Å². The van der Waals surface area contributed by atoms with E-state index in [9.17, 15) is 14.4 Å². The van der Waals surface area contributed by atoms with Crippen LogP contribution in [0.2, 0.25) is 0 Å². The van der Waals surface area contributed by atoms with Gasteiger partial charge in [-0.05, 0) is 13.3 Å². The summed E-state index contributed by atoms with van der Waals surface area (Å²) in [6.07, 6.45) is 4.42. The van der Waals surface area contributed by atoms with Crippen molar-refractivity contribution in [2.45, 2.75) is 26.3 Å². The number of benzene rings is 1. The Hall–Kier alpha value is -4.61. The molecule has 0 spiro atoms. The smallest absolute Gasteiger partial charge is 0.294 e. The van der Waals surface area contributed by atoms with Crippen molar-refractivity contribution >= 4 is 28.9 Å². The number of oxazole rings is 1. The van der Waals surface area contributed by atoms with Gasteiger partial charge in [0.25, 0.3) is 11.4 Å². The van der Waals surface area contributed by atoms with Crippen LogP contribution in [0.5, 0.6) is 0 Å². The van der Waals surface area contributed by atoms with Gasteiger partial charge in [0, 0.05) is 18.0 Å². The van der Waals surface area contributed by atoms with Crippen molar-refractivity contribution in [3.8, 4) is 11.3 Å². The molecule has 0 fully saturated rings. The number of carbonyl (C=O) groups is 2. The Labute approximate surface area is 200 Å². The first kappa shape index (κ1) is 25.0. The Kier molecular flexibility index (Phi) is 8.22. The Morgan fingerprint density at radius 2 is 1.97 bits per heavy atom. The molecule has 0 bridgehead atoms. The average Bonchev–Trinajstić information content (AvgIpc) is 3.36. The number of aromatic nitrogens is 3. The number of hydrogen-bond donors (Lipinski definition) is 4. The van der Waals surface area contributed by atoms with Crippen molar-refractivity contribution < 1.29 is 19.2 Å². The molecule has 2 heterocycles. The van der Waals surface area contributed by atoms with Gasteiger partial charge in [0.05, 0.1) is 25.0 Å². The number of hydrogen-bond acceptors (Lipinski definition) is 10. The Morgan fingerprint density at radius 3 is 2.63 bits per heavy atom. The van der Waals surface area contributed by atoms with Crippen LogP contribution >= 0.6 is 0 Å². The third-order valence-electron chi connectivity index (χ3n) is 5.10. The molecular weight excluding hydrogens is 454 g/mol. The van der Waals surface area contributed by atoms with E-state index in [0.29, 0.717) is 5.76 Å². The summed E-state index contributed by atoms with van der Waals surface area (Å²) in [5, 5.41) is 24.7. The predicted molar refractivity (Wildman–Crippen MR) is 128 cm³/mol. The zero-order chi connectivity index (χ0) is 25.4. The van der Waals surface area contributed by atoms with Crippen molar-refractivity contribution in [2.75, 3.05) is 18.4 Å². The minimum Gasteiger partial charge on any atom is -0.434 e. The first-order valence-electron chi connectivity index (χ1n) is 10.7. The van der Waals surface area contributed by atoms with Crippen LogP contribution < -0.4 is 16.2 Å².